The maximum Gasteiger partial charge on any atom is 0.323 e. The van der Waals surface area contributed by atoms with Crippen LogP contribution in [-0.2, 0) is 0 Å². The molecule has 0 atom stereocenters. The molecule has 6 nitrogen and oxygen atoms in total. The lowest BCUT2D eigenvalue weighted by atomic mass is 10.1. The Kier molecular flexibility index (Phi) is 6.43. The van der Waals surface area contributed by atoms with E-state index < -0.39 is 6.03 Å². The van der Waals surface area contributed by atoms with Gasteiger partial charge in [-0.25, -0.2) is 4.79 Å². The molecule has 24 heavy (non-hydrogen) atoms. The van der Waals surface area contributed by atoms with Crippen molar-refractivity contribution in [2.75, 3.05) is 23.7 Å². The van der Waals surface area contributed by atoms with Gasteiger partial charge in [-0.2, -0.15) is 0 Å². The zero-order valence-electron chi connectivity index (χ0n) is 12.6. The molecule has 2 rings (SSSR count). The Balaban J connectivity index is 2.10. The van der Waals surface area contributed by atoms with Crippen LogP contribution in [0.5, 0.6) is 0 Å². The smallest absolute Gasteiger partial charge is 0.323 e. The summed E-state index contributed by atoms with van der Waals surface area (Å²) < 4.78 is 0. The highest BCUT2D eigenvalue weighted by atomic mass is 35.5. The summed E-state index contributed by atoms with van der Waals surface area (Å²) in [5.74, 6) is -0.317. The van der Waals surface area contributed by atoms with Gasteiger partial charge < -0.3 is 21.7 Å². The first-order valence-electron chi connectivity index (χ1n) is 7.11. The Bertz CT molecular complexity index is 732. The van der Waals surface area contributed by atoms with Gasteiger partial charge in [0.1, 0.15) is 0 Å². The number of hydrogen-bond donors (Lipinski definition) is 4. The third-order valence-corrected chi connectivity index (χ3v) is 3.41. The van der Waals surface area contributed by atoms with E-state index in [9.17, 15) is 9.59 Å². The number of benzene rings is 2. The van der Waals surface area contributed by atoms with Crippen molar-refractivity contribution in [2.24, 2.45) is 5.73 Å². The summed E-state index contributed by atoms with van der Waals surface area (Å²) in [6.45, 7) is 0.678. The fourth-order valence-electron chi connectivity index (χ4n) is 1.98. The average molecular weight is 367 g/mol. The SMILES string of the molecule is NCCNC(=O)c1ccccc1NC(=O)Nc1cc(Cl)cc(Cl)c1. The van der Waals surface area contributed by atoms with E-state index in [0.717, 1.165) is 0 Å². The topological polar surface area (TPSA) is 96.2 Å². The fourth-order valence-corrected chi connectivity index (χ4v) is 2.51. The molecule has 0 saturated carbocycles. The Morgan fingerprint density at radius 2 is 1.67 bits per heavy atom. The van der Waals surface area contributed by atoms with E-state index in [-0.39, 0.29) is 5.91 Å². The van der Waals surface area contributed by atoms with Gasteiger partial charge in [0.15, 0.2) is 0 Å². The molecular formula is C16H16Cl2N4O2. The first-order chi connectivity index (χ1) is 11.5. The lowest BCUT2D eigenvalue weighted by molar-refractivity contribution is 0.0955. The van der Waals surface area contributed by atoms with Crippen LogP contribution < -0.4 is 21.7 Å². The first kappa shape index (κ1) is 18.1. The van der Waals surface area contributed by atoms with Crippen molar-refractivity contribution in [1.29, 1.82) is 0 Å². The fraction of sp³-hybridized carbons (Fsp3) is 0.125. The summed E-state index contributed by atoms with van der Waals surface area (Å²) in [5.41, 5.74) is 6.52. The molecule has 0 unspecified atom stereocenters. The third-order valence-electron chi connectivity index (χ3n) is 2.97. The number of anilines is 2. The lowest BCUT2D eigenvalue weighted by Crippen LogP contribution is -2.30. The van der Waals surface area contributed by atoms with Crippen LogP contribution >= 0.6 is 23.2 Å². The van der Waals surface area contributed by atoms with Gasteiger partial charge in [-0.3, -0.25) is 4.79 Å². The summed E-state index contributed by atoms with van der Waals surface area (Å²) in [4.78, 5) is 24.2. The van der Waals surface area contributed by atoms with E-state index in [1.54, 1.807) is 42.5 Å². The average Bonchev–Trinajstić information content (AvgIpc) is 2.52. The zero-order chi connectivity index (χ0) is 17.5. The van der Waals surface area contributed by atoms with E-state index in [0.29, 0.717) is 40.1 Å². The van der Waals surface area contributed by atoms with Crippen molar-refractivity contribution in [3.63, 3.8) is 0 Å². The summed E-state index contributed by atoms with van der Waals surface area (Å²) in [5, 5.41) is 8.70. The van der Waals surface area contributed by atoms with E-state index in [1.165, 1.54) is 0 Å². The molecule has 0 spiro atoms. The van der Waals surface area contributed by atoms with Crippen LogP contribution in [0.25, 0.3) is 0 Å². The van der Waals surface area contributed by atoms with Gasteiger partial charge in [0.05, 0.1) is 11.3 Å². The molecule has 0 saturated heterocycles. The molecule has 0 radical (unpaired) electrons. The number of carbonyl (C=O) groups excluding carboxylic acids is 2. The third kappa shape index (κ3) is 5.13. The summed E-state index contributed by atoms with van der Waals surface area (Å²) in [6.07, 6.45) is 0. The first-order valence-corrected chi connectivity index (χ1v) is 7.86. The second kappa shape index (κ2) is 8.54. The second-order valence-corrected chi connectivity index (χ2v) is 5.70. The maximum atomic E-state index is 12.1. The van der Waals surface area contributed by atoms with Gasteiger partial charge in [-0.15, -0.1) is 0 Å². The Morgan fingerprint density at radius 1 is 1.00 bits per heavy atom. The van der Waals surface area contributed by atoms with Crippen LogP contribution in [0.2, 0.25) is 10.0 Å². The molecule has 0 aliphatic carbocycles. The molecule has 2 aromatic rings. The molecule has 0 heterocycles. The highest BCUT2D eigenvalue weighted by Gasteiger charge is 2.12. The number of carbonyl (C=O) groups is 2. The number of hydrogen-bond acceptors (Lipinski definition) is 3. The van der Waals surface area contributed by atoms with E-state index in [1.807, 2.05) is 0 Å². The number of nitrogens with two attached hydrogens (primary N) is 1. The summed E-state index contributed by atoms with van der Waals surface area (Å²) >= 11 is 11.8. The zero-order valence-corrected chi connectivity index (χ0v) is 14.1. The van der Waals surface area contributed by atoms with Gasteiger partial charge in [-0.05, 0) is 30.3 Å². The van der Waals surface area contributed by atoms with Crippen molar-refractivity contribution < 1.29 is 9.59 Å². The van der Waals surface area contributed by atoms with Crippen LogP contribution in [0.15, 0.2) is 42.5 Å². The van der Waals surface area contributed by atoms with Crippen molar-refractivity contribution >= 4 is 46.5 Å². The molecule has 3 amide bonds. The van der Waals surface area contributed by atoms with E-state index >= 15 is 0 Å². The number of nitrogens with one attached hydrogen (secondary N) is 3. The molecule has 0 fully saturated rings. The van der Waals surface area contributed by atoms with E-state index in [4.69, 9.17) is 28.9 Å². The molecule has 0 aromatic heterocycles. The van der Waals surface area contributed by atoms with Crippen molar-refractivity contribution in [2.45, 2.75) is 0 Å². The molecule has 0 bridgehead atoms. The van der Waals surface area contributed by atoms with Crippen LogP contribution in [-0.4, -0.2) is 25.0 Å². The maximum absolute atomic E-state index is 12.1. The molecule has 0 aliphatic rings. The normalized spacial score (nSPS) is 10.1. The largest absolute Gasteiger partial charge is 0.351 e. The minimum Gasteiger partial charge on any atom is -0.351 e. The Labute approximate surface area is 149 Å². The standard InChI is InChI=1S/C16H16Cl2N4O2/c17-10-7-11(18)9-12(8-10)21-16(24)22-14-4-2-1-3-13(14)15(23)20-6-5-19/h1-4,7-9H,5-6,19H2,(H,20,23)(H2,21,22,24). The Hall–Kier alpha value is -2.28. The monoisotopic (exact) mass is 366 g/mol. The van der Waals surface area contributed by atoms with Gasteiger partial charge >= 0.3 is 6.03 Å². The Morgan fingerprint density at radius 3 is 2.33 bits per heavy atom. The van der Waals surface area contributed by atoms with Crippen LogP contribution in [0.4, 0.5) is 16.2 Å². The van der Waals surface area contributed by atoms with Crippen LogP contribution in [0.1, 0.15) is 10.4 Å². The van der Waals surface area contributed by atoms with Crippen LogP contribution in [0.3, 0.4) is 0 Å². The van der Waals surface area contributed by atoms with Gasteiger partial charge in [0.2, 0.25) is 0 Å². The van der Waals surface area contributed by atoms with Crippen LogP contribution in [0, 0.1) is 0 Å². The minimum atomic E-state index is -0.521. The molecule has 8 heteroatoms. The second-order valence-electron chi connectivity index (χ2n) is 4.83. The van der Waals surface area contributed by atoms with Crippen molar-refractivity contribution in [3.05, 3.63) is 58.1 Å². The summed E-state index contributed by atoms with van der Waals surface area (Å²) in [6, 6.07) is 10.8. The van der Waals surface area contributed by atoms with E-state index in [2.05, 4.69) is 16.0 Å². The predicted octanol–water partition coefficient (Wildman–Crippen LogP) is 3.33. The molecule has 126 valence electrons. The number of urea groups is 1. The highest BCUT2D eigenvalue weighted by molar-refractivity contribution is 6.35. The number of para-hydroxylation sites is 1. The molecular weight excluding hydrogens is 351 g/mol. The lowest BCUT2D eigenvalue weighted by Gasteiger charge is -2.12. The number of rotatable bonds is 5. The van der Waals surface area contributed by atoms with Crippen molar-refractivity contribution in [3.8, 4) is 0 Å². The van der Waals surface area contributed by atoms with Gasteiger partial charge in [0.25, 0.3) is 5.91 Å². The summed E-state index contributed by atoms with van der Waals surface area (Å²) in [7, 11) is 0. The molecule has 5 N–H and O–H groups in total. The number of amides is 3. The minimum absolute atomic E-state index is 0.317. The van der Waals surface area contributed by atoms with Gasteiger partial charge in [0, 0.05) is 28.8 Å². The predicted molar refractivity (Wildman–Crippen MR) is 96.9 cm³/mol. The molecule has 0 aliphatic heterocycles. The molecule has 2 aromatic carbocycles. The van der Waals surface area contributed by atoms with Gasteiger partial charge in [-0.1, -0.05) is 35.3 Å². The number of halogens is 2. The quantitative estimate of drug-likeness (QED) is 0.653. The highest BCUT2D eigenvalue weighted by Crippen LogP contribution is 2.23. The van der Waals surface area contributed by atoms with Crippen molar-refractivity contribution in [1.82, 2.24) is 5.32 Å².